The standard InChI is InChI=1S/C12H18FNO2/c1-9(15)11-8-10(13)4-5-12(11)14(2)6-7-16-3/h4-5,8-9,15H,6-7H2,1-3H3/t9-/m1/s1. The number of halogens is 1. The number of benzene rings is 1. The summed E-state index contributed by atoms with van der Waals surface area (Å²) >= 11 is 0. The third-order valence-corrected chi connectivity index (χ3v) is 2.48. The third-order valence-electron chi connectivity index (χ3n) is 2.48. The molecule has 0 unspecified atom stereocenters. The van der Waals surface area contributed by atoms with E-state index >= 15 is 0 Å². The van der Waals surface area contributed by atoms with E-state index in [4.69, 9.17) is 4.74 Å². The van der Waals surface area contributed by atoms with Crippen molar-refractivity contribution in [3.05, 3.63) is 29.6 Å². The van der Waals surface area contributed by atoms with Crippen LogP contribution in [0.4, 0.5) is 10.1 Å². The van der Waals surface area contributed by atoms with Crippen molar-refractivity contribution < 1.29 is 14.2 Å². The minimum atomic E-state index is -0.685. The van der Waals surface area contributed by atoms with Crippen molar-refractivity contribution in [2.45, 2.75) is 13.0 Å². The summed E-state index contributed by atoms with van der Waals surface area (Å²) in [6.45, 7) is 2.91. The molecular weight excluding hydrogens is 209 g/mol. The molecule has 0 aliphatic heterocycles. The fourth-order valence-electron chi connectivity index (χ4n) is 1.56. The van der Waals surface area contributed by atoms with E-state index in [0.717, 1.165) is 5.69 Å². The van der Waals surface area contributed by atoms with Crippen molar-refractivity contribution in [3.63, 3.8) is 0 Å². The van der Waals surface area contributed by atoms with Crippen LogP contribution in [-0.4, -0.2) is 32.4 Å². The third kappa shape index (κ3) is 3.18. The molecule has 1 aromatic rings. The zero-order valence-corrected chi connectivity index (χ0v) is 9.90. The van der Waals surface area contributed by atoms with Gasteiger partial charge in [-0.05, 0) is 25.1 Å². The Balaban J connectivity index is 2.93. The molecule has 0 radical (unpaired) electrons. The average Bonchev–Trinajstić information content (AvgIpc) is 2.25. The summed E-state index contributed by atoms with van der Waals surface area (Å²) in [6.07, 6.45) is -0.685. The highest BCUT2D eigenvalue weighted by molar-refractivity contribution is 5.54. The predicted octanol–water partition coefficient (Wildman–Crippen LogP) is 1.96. The summed E-state index contributed by atoms with van der Waals surface area (Å²) < 4.78 is 18.0. The van der Waals surface area contributed by atoms with Crippen LogP contribution in [0.2, 0.25) is 0 Å². The molecule has 3 nitrogen and oxygen atoms in total. The normalized spacial score (nSPS) is 12.6. The lowest BCUT2D eigenvalue weighted by molar-refractivity contribution is 0.197. The molecule has 0 aromatic heterocycles. The van der Waals surface area contributed by atoms with Crippen molar-refractivity contribution in [1.29, 1.82) is 0 Å². The van der Waals surface area contributed by atoms with Crippen molar-refractivity contribution in [2.24, 2.45) is 0 Å². The Morgan fingerprint density at radius 2 is 2.19 bits per heavy atom. The van der Waals surface area contributed by atoms with Crippen molar-refractivity contribution >= 4 is 5.69 Å². The van der Waals surface area contributed by atoms with Crippen molar-refractivity contribution in [1.82, 2.24) is 0 Å². The van der Waals surface area contributed by atoms with Gasteiger partial charge in [-0.1, -0.05) is 0 Å². The van der Waals surface area contributed by atoms with Gasteiger partial charge in [-0.3, -0.25) is 0 Å². The maximum Gasteiger partial charge on any atom is 0.123 e. The van der Waals surface area contributed by atoms with Crippen molar-refractivity contribution in [2.75, 3.05) is 32.2 Å². The van der Waals surface area contributed by atoms with Gasteiger partial charge in [-0.15, -0.1) is 0 Å². The molecule has 0 aliphatic rings. The molecular formula is C12H18FNO2. The number of rotatable bonds is 5. The summed E-state index contributed by atoms with van der Waals surface area (Å²) in [4.78, 5) is 1.94. The maximum absolute atomic E-state index is 13.1. The van der Waals surface area contributed by atoms with Gasteiger partial charge in [0.05, 0.1) is 12.7 Å². The van der Waals surface area contributed by atoms with Crippen LogP contribution in [-0.2, 0) is 4.74 Å². The molecule has 16 heavy (non-hydrogen) atoms. The van der Waals surface area contributed by atoms with Crippen LogP contribution < -0.4 is 4.90 Å². The van der Waals surface area contributed by atoms with E-state index in [0.29, 0.717) is 18.7 Å². The zero-order valence-electron chi connectivity index (χ0n) is 9.90. The van der Waals surface area contributed by atoms with E-state index in [1.54, 1.807) is 20.1 Å². The van der Waals surface area contributed by atoms with E-state index < -0.39 is 6.10 Å². The van der Waals surface area contributed by atoms with Crippen LogP contribution in [0.25, 0.3) is 0 Å². The van der Waals surface area contributed by atoms with Gasteiger partial charge in [0.1, 0.15) is 5.82 Å². The molecule has 4 heteroatoms. The Hall–Kier alpha value is -1.13. The summed E-state index contributed by atoms with van der Waals surface area (Å²) in [6, 6.07) is 4.43. The molecule has 0 fully saturated rings. The highest BCUT2D eigenvalue weighted by Crippen LogP contribution is 2.26. The molecule has 90 valence electrons. The second kappa shape index (κ2) is 5.82. The first-order chi connectivity index (χ1) is 7.56. The SMILES string of the molecule is COCCN(C)c1ccc(F)cc1[C@@H](C)O. The second-order valence-electron chi connectivity index (χ2n) is 3.79. The topological polar surface area (TPSA) is 32.7 Å². The maximum atomic E-state index is 13.1. The van der Waals surface area contributed by atoms with Crippen LogP contribution in [0.15, 0.2) is 18.2 Å². The number of ether oxygens (including phenoxy) is 1. The summed E-state index contributed by atoms with van der Waals surface area (Å²) in [5.74, 6) is -0.334. The Labute approximate surface area is 95.5 Å². The summed E-state index contributed by atoms with van der Waals surface area (Å²) in [5.41, 5.74) is 1.42. The molecule has 1 atom stereocenters. The largest absolute Gasteiger partial charge is 0.389 e. The summed E-state index contributed by atoms with van der Waals surface area (Å²) in [5, 5.41) is 9.58. The number of likely N-dealkylation sites (N-methyl/N-ethyl adjacent to an activating group) is 1. The molecule has 0 heterocycles. The van der Waals surface area contributed by atoms with Crippen LogP contribution in [0.5, 0.6) is 0 Å². The van der Waals surface area contributed by atoms with E-state index in [2.05, 4.69) is 0 Å². The molecule has 0 saturated heterocycles. The minimum Gasteiger partial charge on any atom is -0.389 e. The van der Waals surface area contributed by atoms with Gasteiger partial charge in [-0.2, -0.15) is 0 Å². The Morgan fingerprint density at radius 3 is 2.75 bits per heavy atom. The first-order valence-electron chi connectivity index (χ1n) is 5.24. The number of aliphatic hydroxyl groups excluding tert-OH is 1. The van der Waals surface area contributed by atoms with Gasteiger partial charge in [0, 0.05) is 32.0 Å². The van der Waals surface area contributed by atoms with E-state index in [1.165, 1.54) is 12.1 Å². The average molecular weight is 227 g/mol. The number of aliphatic hydroxyl groups is 1. The predicted molar refractivity (Wildman–Crippen MR) is 62.2 cm³/mol. The fraction of sp³-hybridized carbons (Fsp3) is 0.500. The number of anilines is 1. The molecule has 0 saturated carbocycles. The Bertz CT molecular complexity index is 342. The van der Waals surface area contributed by atoms with Crippen LogP contribution >= 0.6 is 0 Å². The first kappa shape index (κ1) is 12.9. The van der Waals surface area contributed by atoms with Gasteiger partial charge in [-0.25, -0.2) is 4.39 Å². The lowest BCUT2D eigenvalue weighted by Crippen LogP contribution is -2.23. The molecule has 1 aromatic carbocycles. The van der Waals surface area contributed by atoms with E-state index in [-0.39, 0.29) is 5.82 Å². The smallest absolute Gasteiger partial charge is 0.123 e. The van der Waals surface area contributed by atoms with E-state index in [1.807, 2.05) is 11.9 Å². The lowest BCUT2D eigenvalue weighted by atomic mass is 10.1. The fourth-order valence-corrected chi connectivity index (χ4v) is 1.56. The highest BCUT2D eigenvalue weighted by atomic mass is 19.1. The van der Waals surface area contributed by atoms with Crippen LogP contribution in [0.3, 0.4) is 0 Å². The Morgan fingerprint density at radius 1 is 1.50 bits per heavy atom. The summed E-state index contributed by atoms with van der Waals surface area (Å²) in [7, 11) is 3.52. The Kier molecular flexibility index (Phi) is 4.71. The number of hydrogen-bond acceptors (Lipinski definition) is 3. The van der Waals surface area contributed by atoms with Crippen molar-refractivity contribution in [3.8, 4) is 0 Å². The van der Waals surface area contributed by atoms with Gasteiger partial charge in [0.25, 0.3) is 0 Å². The number of hydrogen-bond donors (Lipinski definition) is 1. The molecule has 0 spiro atoms. The van der Waals surface area contributed by atoms with Gasteiger partial charge in [0.2, 0.25) is 0 Å². The molecule has 0 aliphatic carbocycles. The monoisotopic (exact) mass is 227 g/mol. The molecule has 0 amide bonds. The zero-order chi connectivity index (χ0) is 12.1. The number of methoxy groups -OCH3 is 1. The molecule has 0 bridgehead atoms. The minimum absolute atomic E-state index is 0.334. The number of nitrogens with zero attached hydrogens (tertiary/aromatic N) is 1. The second-order valence-corrected chi connectivity index (χ2v) is 3.79. The van der Waals surface area contributed by atoms with Gasteiger partial charge in [0.15, 0.2) is 0 Å². The van der Waals surface area contributed by atoms with Crippen LogP contribution in [0.1, 0.15) is 18.6 Å². The van der Waals surface area contributed by atoms with Gasteiger partial charge < -0.3 is 14.7 Å². The lowest BCUT2D eigenvalue weighted by Gasteiger charge is -2.23. The highest BCUT2D eigenvalue weighted by Gasteiger charge is 2.12. The molecule has 1 rings (SSSR count). The molecule has 1 N–H and O–H groups in total. The quantitative estimate of drug-likeness (QED) is 0.834. The first-order valence-corrected chi connectivity index (χ1v) is 5.24. The van der Waals surface area contributed by atoms with E-state index in [9.17, 15) is 9.50 Å². The van der Waals surface area contributed by atoms with Crippen LogP contribution in [0, 0.1) is 5.82 Å². The van der Waals surface area contributed by atoms with Gasteiger partial charge >= 0.3 is 0 Å².